The predicted octanol–water partition coefficient (Wildman–Crippen LogP) is 2.82. The first kappa shape index (κ1) is 22.8. The number of nitrogens with one attached hydrogen (secondary N) is 1. The maximum absolute atomic E-state index is 13.1. The minimum absolute atomic E-state index is 0.0413. The Labute approximate surface area is 176 Å². The quantitative estimate of drug-likeness (QED) is 0.704. The second-order valence-corrected chi connectivity index (χ2v) is 11.3. The summed E-state index contributed by atoms with van der Waals surface area (Å²) >= 11 is 0. The van der Waals surface area contributed by atoms with Gasteiger partial charge in [-0.2, -0.15) is 0 Å². The van der Waals surface area contributed by atoms with E-state index in [1.165, 1.54) is 19.1 Å². The van der Waals surface area contributed by atoms with Crippen molar-refractivity contribution >= 4 is 16.1 Å². The van der Waals surface area contributed by atoms with Gasteiger partial charge in [0.25, 0.3) is 0 Å². The largest absolute Gasteiger partial charge is 0.376 e. The number of ether oxygens (including phenoxy) is 1. The van der Waals surface area contributed by atoms with Crippen LogP contribution >= 0.6 is 0 Å². The third-order valence-corrected chi connectivity index (χ3v) is 7.66. The zero-order valence-corrected chi connectivity index (χ0v) is 19.1. The molecule has 0 aromatic carbocycles. The Balaban J connectivity index is 1.65. The fourth-order valence-electron chi connectivity index (χ4n) is 5.16. The lowest BCUT2D eigenvalue weighted by atomic mass is 9.80. The molecular formula is C21H39N3O4S. The van der Waals surface area contributed by atoms with Crippen LogP contribution in [0.5, 0.6) is 0 Å². The second kappa shape index (κ2) is 9.96. The average Bonchev–Trinajstić information content (AvgIpc) is 3.20. The highest BCUT2D eigenvalue weighted by molar-refractivity contribution is 7.88. The van der Waals surface area contributed by atoms with Crippen LogP contribution < -0.4 is 4.72 Å². The van der Waals surface area contributed by atoms with E-state index in [9.17, 15) is 13.2 Å². The maximum atomic E-state index is 13.1. The molecule has 29 heavy (non-hydrogen) atoms. The number of rotatable bonds is 6. The van der Waals surface area contributed by atoms with E-state index in [2.05, 4.69) is 18.6 Å². The molecule has 0 spiro atoms. The zero-order valence-electron chi connectivity index (χ0n) is 18.3. The molecule has 0 radical (unpaired) electrons. The fraction of sp³-hybridized carbons (Fsp3) is 0.952. The summed E-state index contributed by atoms with van der Waals surface area (Å²) in [4.78, 5) is 16.9. The summed E-state index contributed by atoms with van der Waals surface area (Å²) in [7, 11) is -3.34. The lowest BCUT2D eigenvalue weighted by molar-refractivity contribution is -0.0265. The Bertz CT molecular complexity index is 640. The Kier molecular flexibility index (Phi) is 7.84. The van der Waals surface area contributed by atoms with Crippen molar-refractivity contribution in [3.8, 4) is 0 Å². The van der Waals surface area contributed by atoms with Crippen LogP contribution in [0.1, 0.15) is 65.2 Å². The summed E-state index contributed by atoms with van der Waals surface area (Å²) in [6, 6.07) is -0.480. The summed E-state index contributed by atoms with van der Waals surface area (Å²) in [6.45, 7) is 7.25. The molecule has 8 heteroatoms. The number of amides is 2. The van der Waals surface area contributed by atoms with Crippen molar-refractivity contribution in [2.24, 2.45) is 11.8 Å². The van der Waals surface area contributed by atoms with Gasteiger partial charge in [-0.25, -0.2) is 17.9 Å². The minimum Gasteiger partial charge on any atom is -0.376 e. The number of urea groups is 1. The maximum Gasteiger partial charge on any atom is 0.320 e. The van der Waals surface area contributed by atoms with E-state index in [1.54, 1.807) is 0 Å². The third kappa shape index (κ3) is 6.31. The van der Waals surface area contributed by atoms with E-state index in [4.69, 9.17) is 4.74 Å². The number of hydrogen-bond acceptors (Lipinski definition) is 4. The van der Waals surface area contributed by atoms with Crippen LogP contribution in [0.15, 0.2) is 0 Å². The van der Waals surface area contributed by atoms with Crippen molar-refractivity contribution < 1.29 is 17.9 Å². The number of piperidine rings is 1. The van der Waals surface area contributed by atoms with Crippen molar-refractivity contribution in [3.05, 3.63) is 0 Å². The van der Waals surface area contributed by atoms with Crippen molar-refractivity contribution in [2.45, 2.75) is 83.4 Å². The Morgan fingerprint density at radius 2 is 1.69 bits per heavy atom. The van der Waals surface area contributed by atoms with Gasteiger partial charge in [0.2, 0.25) is 10.0 Å². The first-order valence-corrected chi connectivity index (χ1v) is 13.3. The molecule has 2 heterocycles. The summed E-state index contributed by atoms with van der Waals surface area (Å²) in [5.41, 5.74) is 0. The van der Waals surface area contributed by atoms with E-state index in [1.807, 2.05) is 9.80 Å². The highest BCUT2D eigenvalue weighted by atomic mass is 32.2. The fourth-order valence-corrected chi connectivity index (χ4v) is 5.98. The van der Waals surface area contributed by atoms with Crippen molar-refractivity contribution in [3.63, 3.8) is 0 Å². The molecule has 2 amide bonds. The number of likely N-dealkylation sites (tertiary alicyclic amines) is 2. The molecule has 0 aromatic heterocycles. The molecule has 2 unspecified atom stereocenters. The van der Waals surface area contributed by atoms with Gasteiger partial charge in [0, 0.05) is 25.7 Å². The lowest BCUT2D eigenvalue weighted by Gasteiger charge is -2.43. The van der Waals surface area contributed by atoms with Crippen LogP contribution in [0, 0.1) is 11.8 Å². The van der Waals surface area contributed by atoms with Crippen LogP contribution in [0.4, 0.5) is 4.79 Å². The molecule has 3 aliphatic rings. The van der Waals surface area contributed by atoms with E-state index in [0.29, 0.717) is 19.1 Å². The Morgan fingerprint density at radius 3 is 2.28 bits per heavy atom. The summed E-state index contributed by atoms with van der Waals surface area (Å²) in [5.74, 6) is 1.49. The second-order valence-electron chi connectivity index (χ2n) is 9.49. The molecule has 0 bridgehead atoms. The molecule has 2 saturated heterocycles. The molecule has 3 fully saturated rings. The monoisotopic (exact) mass is 429 g/mol. The van der Waals surface area contributed by atoms with Gasteiger partial charge in [-0.3, -0.25) is 0 Å². The number of carbonyl (C=O) groups is 1. The van der Waals surface area contributed by atoms with E-state index < -0.39 is 10.0 Å². The van der Waals surface area contributed by atoms with Crippen LogP contribution in [0.3, 0.4) is 0 Å². The normalized spacial score (nSPS) is 31.4. The molecule has 1 saturated carbocycles. The zero-order chi connectivity index (χ0) is 21.0. The van der Waals surface area contributed by atoms with Gasteiger partial charge in [-0.1, -0.05) is 13.8 Å². The molecule has 3 rings (SSSR count). The van der Waals surface area contributed by atoms with Gasteiger partial charge in [0.05, 0.1) is 25.0 Å². The molecule has 1 N–H and O–H groups in total. The van der Waals surface area contributed by atoms with Gasteiger partial charge in [0.1, 0.15) is 0 Å². The van der Waals surface area contributed by atoms with Crippen molar-refractivity contribution in [2.75, 3.05) is 32.5 Å². The smallest absolute Gasteiger partial charge is 0.320 e. The topological polar surface area (TPSA) is 79.0 Å². The van der Waals surface area contributed by atoms with Gasteiger partial charge < -0.3 is 14.5 Å². The minimum atomic E-state index is -3.34. The number of hydrogen-bond donors (Lipinski definition) is 1. The molecule has 0 aromatic rings. The van der Waals surface area contributed by atoms with Crippen molar-refractivity contribution in [1.29, 1.82) is 0 Å². The molecule has 2 aliphatic heterocycles. The third-order valence-electron chi connectivity index (χ3n) is 6.93. The SMILES string of the molecule is CC(C)C1CCC(OCC2C(NS(C)(=O)=O)CCCN2C(=O)N2CCCC2)CC1. The highest BCUT2D eigenvalue weighted by Gasteiger charge is 2.38. The lowest BCUT2D eigenvalue weighted by Crippen LogP contribution is -2.61. The summed E-state index contributed by atoms with van der Waals surface area (Å²) < 4.78 is 32.9. The van der Waals surface area contributed by atoms with Gasteiger partial charge in [0.15, 0.2) is 0 Å². The summed E-state index contributed by atoms with van der Waals surface area (Å²) in [5, 5.41) is 0. The standard InChI is InChI=1S/C21H39N3O4S/c1-16(2)17-8-10-18(11-9-17)28-15-20-19(22-29(3,26)27)7-6-14-24(20)21(25)23-12-4-5-13-23/h16-20,22H,4-15H2,1-3H3. The van der Waals surface area contributed by atoms with E-state index in [0.717, 1.165) is 57.5 Å². The van der Waals surface area contributed by atoms with E-state index in [-0.39, 0.29) is 24.2 Å². The summed E-state index contributed by atoms with van der Waals surface area (Å²) in [6.07, 6.45) is 9.54. The van der Waals surface area contributed by atoms with Crippen LogP contribution in [0.25, 0.3) is 0 Å². The number of carbonyl (C=O) groups excluding carboxylic acids is 1. The first-order chi connectivity index (χ1) is 13.7. The van der Waals surface area contributed by atoms with Crippen LogP contribution in [-0.2, 0) is 14.8 Å². The highest BCUT2D eigenvalue weighted by Crippen LogP contribution is 2.32. The van der Waals surface area contributed by atoms with Crippen LogP contribution in [0.2, 0.25) is 0 Å². The Morgan fingerprint density at radius 1 is 1.03 bits per heavy atom. The van der Waals surface area contributed by atoms with E-state index >= 15 is 0 Å². The Hall–Kier alpha value is -0.860. The molecule has 2 atom stereocenters. The molecule has 168 valence electrons. The van der Waals surface area contributed by atoms with Gasteiger partial charge in [-0.05, 0) is 63.2 Å². The average molecular weight is 430 g/mol. The number of nitrogens with zero attached hydrogens (tertiary/aromatic N) is 2. The van der Waals surface area contributed by atoms with Crippen LogP contribution in [-0.4, -0.2) is 74.9 Å². The van der Waals surface area contributed by atoms with Crippen molar-refractivity contribution in [1.82, 2.24) is 14.5 Å². The predicted molar refractivity (Wildman–Crippen MR) is 114 cm³/mol. The molecule has 7 nitrogen and oxygen atoms in total. The molecule has 1 aliphatic carbocycles. The van der Waals surface area contributed by atoms with Gasteiger partial charge in [-0.15, -0.1) is 0 Å². The van der Waals surface area contributed by atoms with Gasteiger partial charge >= 0.3 is 6.03 Å². The first-order valence-electron chi connectivity index (χ1n) is 11.4. The molecular weight excluding hydrogens is 390 g/mol. The number of sulfonamides is 1.